The van der Waals surface area contributed by atoms with Gasteiger partial charge in [-0.05, 0) is 122 Å². The fraction of sp³-hybridized carbons (Fsp3) is 0.125. The van der Waals surface area contributed by atoms with Crippen molar-refractivity contribution in [2.24, 2.45) is 0 Å². The third-order valence-corrected chi connectivity index (χ3v) is 10.1. The minimum absolute atomic E-state index is 1.14. The Kier molecular flexibility index (Phi) is 7.12. The molecule has 0 bridgehead atoms. The van der Waals surface area contributed by atoms with Crippen LogP contribution in [-0.2, 0) is 6.42 Å². The molecule has 2 heterocycles. The molecule has 0 aliphatic carbocycles. The Morgan fingerprint density at radius 3 is 1.65 bits per heavy atom. The van der Waals surface area contributed by atoms with Gasteiger partial charge < -0.3 is 0 Å². The van der Waals surface area contributed by atoms with Gasteiger partial charge in [0.2, 0.25) is 7.58 Å². The van der Waals surface area contributed by atoms with Gasteiger partial charge in [-0.1, -0.05) is 74.0 Å². The average molecular weight is 633 g/mol. The van der Waals surface area contributed by atoms with E-state index in [2.05, 4.69) is 148 Å². The van der Waals surface area contributed by atoms with E-state index in [1.54, 1.807) is 0 Å². The van der Waals surface area contributed by atoms with Gasteiger partial charge in [-0.2, -0.15) is 0 Å². The summed E-state index contributed by atoms with van der Waals surface area (Å²) in [6, 6.07) is 35.3. The van der Waals surface area contributed by atoms with Crippen LogP contribution in [0, 0.1) is 3.57 Å². The van der Waals surface area contributed by atoms with Gasteiger partial charge >= 0.3 is 0 Å². The average Bonchev–Trinajstić information content (AvgIpc) is 3.56. The molecule has 0 N–H and O–H groups in total. The largest absolute Gasteiger partial charge is 0.296 e. The smallest absolute Gasteiger partial charge is 0.206 e. The zero-order valence-electron chi connectivity index (χ0n) is 20.6. The summed E-state index contributed by atoms with van der Waals surface area (Å²) in [5.41, 5.74) is 8.58. The molecular formula is C32H27ClIN2P. The van der Waals surface area contributed by atoms with E-state index in [0.29, 0.717) is 0 Å². The van der Waals surface area contributed by atoms with Crippen molar-refractivity contribution in [1.29, 1.82) is 0 Å². The fourth-order valence-corrected chi connectivity index (χ4v) is 7.28. The Bertz CT molecular complexity index is 1680. The molecule has 6 aromatic rings. The maximum Gasteiger partial charge on any atom is 0.206 e. The summed E-state index contributed by atoms with van der Waals surface area (Å²) in [5.74, 6) is 0. The molecule has 184 valence electrons. The Morgan fingerprint density at radius 1 is 0.649 bits per heavy atom. The quantitative estimate of drug-likeness (QED) is 0.122. The van der Waals surface area contributed by atoms with Crippen molar-refractivity contribution in [3.05, 3.63) is 119 Å². The molecule has 37 heavy (non-hydrogen) atoms. The van der Waals surface area contributed by atoms with Crippen molar-refractivity contribution < 1.29 is 0 Å². The van der Waals surface area contributed by atoms with Crippen LogP contribution in [0.4, 0.5) is 0 Å². The van der Waals surface area contributed by atoms with Crippen molar-refractivity contribution in [1.82, 2.24) is 8.68 Å². The summed E-state index contributed by atoms with van der Waals surface area (Å²) in [4.78, 5) is 0. The maximum atomic E-state index is 7.25. The highest BCUT2D eigenvalue weighted by Gasteiger charge is 2.16. The Balaban J connectivity index is 1.36. The normalized spacial score (nSPS) is 12.4. The highest BCUT2D eigenvalue weighted by molar-refractivity contribution is 14.1. The number of benzene rings is 4. The molecule has 0 saturated carbocycles. The van der Waals surface area contributed by atoms with Crippen molar-refractivity contribution in [3.63, 3.8) is 0 Å². The van der Waals surface area contributed by atoms with Crippen LogP contribution in [0.1, 0.15) is 25.3 Å². The van der Waals surface area contributed by atoms with Crippen LogP contribution < -0.4 is 0 Å². The van der Waals surface area contributed by atoms with Gasteiger partial charge in [0.1, 0.15) is 0 Å². The van der Waals surface area contributed by atoms with E-state index in [0.717, 1.165) is 17.5 Å². The van der Waals surface area contributed by atoms with Crippen molar-refractivity contribution in [2.45, 2.75) is 26.2 Å². The molecule has 0 saturated heterocycles. The first-order chi connectivity index (χ1) is 18.1. The molecule has 0 spiro atoms. The van der Waals surface area contributed by atoms with E-state index >= 15 is 0 Å². The van der Waals surface area contributed by atoms with Gasteiger partial charge in [-0.15, -0.1) is 0 Å². The SMILES string of the molecule is CCCCc1ccc(-c2ccc3ccn(P(Cl)n4ccc5ccc(-c6ccc(I)cc6)cc54)c3c2)cc1. The highest BCUT2D eigenvalue weighted by Crippen LogP contribution is 2.49. The summed E-state index contributed by atoms with van der Waals surface area (Å²) < 4.78 is 5.68. The highest BCUT2D eigenvalue weighted by atomic mass is 127. The maximum absolute atomic E-state index is 7.25. The van der Waals surface area contributed by atoms with Gasteiger partial charge in [0.25, 0.3) is 0 Å². The van der Waals surface area contributed by atoms with Crippen LogP contribution in [-0.4, -0.2) is 8.68 Å². The van der Waals surface area contributed by atoms with Crippen LogP contribution in [0.2, 0.25) is 0 Å². The van der Waals surface area contributed by atoms with Crippen molar-refractivity contribution in [3.8, 4) is 22.3 Å². The first-order valence-corrected chi connectivity index (χ1v) is 15.9. The number of unbranched alkanes of at least 4 members (excludes halogenated alkanes) is 1. The molecule has 0 aliphatic rings. The number of aromatic nitrogens is 2. The number of hydrogen-bond acceptors (Lipinski definition) is 0. The van der Waals surface area contributed by atoms with E-state index in [-0.39, 0.29) is 0 Å². The molecule has 2 nitrogen and oxygen atoms in total. The molecule has 6 rings (SSSR count). The van der Waals surface area contributed by atoms with E-state index in [1.165, 1.54) is 55.0 Å². The first kappa shape index (κ1) is 24.7. The van der Waals surface area contributed by atoms with E-state index < -0.39 is 7.58 Å². The van der Waals surface area contributed by atoms with Gasteiger partial charge in [-0.3, -0.25) is 8.68 Å². The molecular weight excluding hydrogens is 606 g/mol. The number of nitrogens with zero attached hydrogens (tertiary/aromatic N) is 2. The summed E-state index contributed by atoms with van der Waals surface area (Å²) in [6.45, 7) is 2.24. The Morgan fingerprint density at radius 2 is 1.14 bits per heavy atom. The summed E-state index contributed by atoms with van der Waals surface area (Å²) in [5, 5.41) is 2.40. The molecule has 2 aromatic heterocycles. The second-order valence-electron chi connectivity index (χ2n) is 9.42. The topological polar surface area (TPSA) is 9.86 Å². The standard InChI is InChI=1S/C32H27ClIN2P/c1-2-3-4-23-5-7-24(8-6-23)28-11-9-26-17-19-35(31(26)21-28)37(33)36-20-18-27-10-12-29(22-32(27)36)25-13-15-30(34)16-14-25/h5-22H,2-4H2,1H3. The Labute approximate surface area is 237 Å². The monoisotopic (exact) mass is 632 g/mol. The summed E-state index contributed by atoms with van der Waals surface area (Å²) in [6.07, 6.45) is 7.84. The zero-order chi connectivity index (χ0) is 25.4. The minimum atomic E-state index is -1.17. The lowest BCUT2D eigenvalue weighted by molar-refractivity contribution is 0.795. The van der Waals surface area contributed by atoms with Crippen molar-refractivity contribution in [2.75, 3.05) is 0 Å². The molecule has 1 unspecified atom stereocenters. The van der Waals surface area contributed by atoms with E-state index in [9.17, 15) is 0 Å². The fourth-order valence-electron chi connectivity index (χ4n) is 4.87. The van der Waals surface area contributed by atoms with Gasteiger partial charge in [0.15, 0.2) is 0 Å². The molecule has 1 atom stereocenters. The summed E-state index contributed by atoms with van der Waals surface area (Å²) >= 11 is 9.59. The summed E-state index contributed by atoms with van der Waals surface area (Å²) in [7, 11) is -1.17. The van der Waals surface area contributed by atoms with Crippen LogP contribution in [0.15, 0.2) is 109 Å². The Hall–Kier alpha value is -2.59. The predicted molar refractivity (Wildman–Crippen MR) is 170 cm³/mol. The number of hydrogen-bond donors (Lipinski definition) is 0. The van der Waals surface area contributed by atoms with Crippen LogP contribution in [0.3, 0.4) is 0 Å². The molecule has 0 fully saturated rings. The van der Waals surface area contributed by atoms with Gasteiger partial charge in [-0.25, -0.2) is 0 Å². The van der Waals surface area contributed by atoms with Crippen molar-refractivity contribution >= 4 is 63.2 Å². The van der Waals surface area contributed by atoms with Crippen LogP contribution >= 0.6 is 41.4 Å². The van der Waals surface area contributed by atoms with Crippen LogP contribution in [0.25, 0.3) is 44.1 Å². The lowest BCUT2D eigenvalue weighted by atomic mass is 10.0. The predicted octanol–water partition coefficient (Wildman–Crippen LogP) is 10.7. The second kappa shape index (κ2) is 10.6. The molecule has 0 amide bonds. The molecule has 0 aliphatic heterocycles. The van der Waals surface area contributed by atoms with E-state index in [1.807, 2.05) is 0 Å². The van der Waals surface area contributed by atoms with Gasteiger partial charge in [0.05, 0.1) is 11.0 Å². The third-order valence-electron chi connectivity index (χ3n) is 6.98. The number of halogens is 2. The molecule has 5 heteroatoms. The first-order valence-electron chi connectivity index (χ1n) is 12.6. The van der Waals surface area contributed by atoms with Crippen LogP contribution in [0.5, 0.6) is 0 Å². The number of fused-ring (bicyclic) bond motifs is 2. The number of aryl methyl sites for hydroxylation is 1. The lowest BCUT2D eigenvalue weighted by Crippen LogP contribution is -1.95. The third kappa shape index (κ3) is 4.97. The minimum Gasteiger partial charge on any atom is -0.296 e. The lowest BCUT2D eigenvalue weighted by Gasteiger charge is -2.16. The van der Waals surface area contributed by atoms with E-state index in [4.69, 9.17) is 11.2 Å². The second-order valence-corrected chi connectivity index (χ2v) is 12.9. The van der Waals surface area contributed by atoms with Gasteiger partial charge in [0, 0.05) is 16.0 Å². The zero-order valence-corrected chi connectivity index (χ0v) is 24.4. The molecule has 0 radical (unpaired) electrons. The molecule has 4 aromatic carbocycles. The number of rotatable bonds is 7.